The Kier molecular flexibility index (Phi) is 8.87. The molecule has 2 aromatic rings. The molecule has 4 saturated carbocycles. The second-order valence-corrected chi connectivity index (χ2v) is 14.7. The van der Waals surface area contributed by atoms with Gasteiger partial charge in [-0.05, 0) is 86.7 Å². The van der Waals surface area contributed by atoms with Crippen LogP contribution in [-0.4, -0.2) is 41.5 Å². The molecule has 39 heavy (non-hydrogen) atoms. The van der Waals surface area contributed by atoms with E-state index in [1.165, 1.54) is 38.5 Å². The molecule has 0 aliphatic heterocycles. The summed E-state index contributed by atoms with van der Waals surface area (Å²) in [6, 6.07) is 11.3. The molecule has 0 aromatic heterocycles. The Hall–Kier alpha value is -2.12. The molecule has 1 amide bonds. The highest BCUT2D eigenvalue weighted by Crippen LogP contribution is 2.61. The highest BCUT2D eigenvalue weighted by Gasteiger charge is 2.51. The van der Waals surface area contributed by atoms with Crippen LogP contribution in [-0.2, 0) is 14.8 Å². The third-order valence-corrected chi connectivity index (χ3v) is 11.1. The summed E-state index contributed by atoms with van der Waals surface area (Å²) in [6.07, 6.45) is 15.1. The van der Waals surface area contributed by atoms with Crippen LogP contribution in [0.1, 0.15) is 83.5 Å². The molecule has 0 saturated heterocycles. The Balaban J connectivity index is 0.951. The number of hydrogen-bond acceptors (Lipinski definition) is 4. The fourth-order valence-electron chi connectivity index (χ4n) is 8.27. The van der Waals surface area contributed by atoms with Crippen LogP contribution >= 0.6 is 0 Å². The second-order valence-electron chi connectivity index (χ2n) is 13.0. The van der Waals surface area contributed by atoms with Gasteiger partial charge < -0.3 is 10.2 Å². The molecule has 0 spiro atoms. The Bertz CT molecular complexity index is 1220. The summed E-state index contributed by atoms with van der Waals surface area (Å²) in [5, 5.41) is 4.90. The molecular weight excluding hydrogens is 506 g/mol. The van der Waals surface area contributed by atoms with Crippen LogP contribution in [0.5, 0.6) is 0 Å². The van der Waals surface area contributed by atoms with Gasteiger partial charge in [0.15, 0.2) is 0 Å². The van der Waals surface area contributed by atoms with Crippen molar-refractivity contribution in [1.82, 2.24) is 10.0 Å². The summed E-state index contributed by atoms with van der Waals surface area (Å²) >= 11 is 0. The fourth-order valence-corrected chi connectivity index (χ4v) is 9.56. The maximum Gasteiger partial charge on any atom is 0.241 e. The summed E-state index contributed by atoms with van der Waals surface area (Å²) in [6.45, 7) is 1.23. The van der Waals surface area contributed by atoms with Gasteiger partial charge in [0.25, 0.3) is 0 Å². The van der Waals surface area contributed by atoms with Gasteiger partial charge >= 0.3 is 0 Å². The number of carbonyl (C=O) groups excluding carboxylic acids is 1. The van der Waals surface area contributed by atoms with Gasteiger partial charge in [-0.25, -0.2) is 13.1 Å². The molecule has 6 rings (SSSR count). The van der Waals surface area contributed by atoms with Crippen LogP contribution in [0.15, 0.2) is 41.3 Å². The summed E-state index contributed by atoms with van der Waals surface area (Å²) in [5.41, 5.74) is 1.33. The number of nitrogens with zero attached hydrogens (tertiary/aromatic N) is 1. The van der Waals surface area contributed by atoms with Gasteiger partial charge in [-0.15, -0.1) is 0 Å². The van der Waals surface area contributed by atoms with Crippen LogP contribution in [0.25, 0.3) is 10.8 Å². The summed E-state index contributed by atoms with van der Waals surface area (Å²) < 4.78 is 28.9. The summed E-state index contributed by atoms with van der Waals surface area (Å²) in [4.78, 5) is 15.0. The van der Waals surface area contributed by atoms with Crippen LogP contribution in [0.3, 0.4) is 0 Å². The number of anilines is 1. The van der Waals surface area contributed by atoms with E-state index in [4.69, 9.17) is 0 Å². The van der Waals surface area contributed by atoms with E-state index in [9.17, 15) is 13.2 Å². The smallest absolute Gasteiger partial charge is 0.241 e. The minimum Gasteiger partial charge on any atom is -0.377 e. The summed E-state index contributed by atoms with van der Waals surface area (Å²) in [7, 11) is 0.364. The van der Waals surface area contributed by atoms with Gasteiger partial charge in [0.1, 0.15) is 0 Å². The lowest BCUT2D eigenvalue weighted by Crippen LogP contribution is -2.48. The van der Waals surface area contributed by atoms with Crippen molar-refractivity contribution in [2.75, 3.05) is 32.1 Å². The molecule has 0 atom stereocenters. The van der Waals surface area contributed by atoms with Gasteiger partial charge in [-0.1, -0.05) is 49.9 Å². The molecule has 0 heterocycles. The fraction of sp³-hybridized carbons (Fsp3) is 0.656. The largest absolute Gasteiger partial charge is 0.377 e. The lowest BCUT2D eigenvalue weighted by molar-refractivity contribution is -0.129. The molecule has 2 N–H and O–H groups in total. The Labute approximate surface area is 235 Å². The number of benzene rings is 2. The highest BCUT2D eigenvalue weighted by molar-refractivity contribution is 7.89. The average molecular weight is 554 g/mol. The topological polar surface area (TPSA) is 78.5 Å². The van der Waals surface area contributed by atoms with Gasteiger partial charge in [0.2, 0.25) is 15.9 Å². The number of fused-ring (bicyclic) bond motifs is 1. The predicted octanol–water partition coefficient (Wildman–Crippen LogP) is 6.25. The Morgan fingerprint density at radius 1 is 0.821 bits per heavy atom. The first kappa shape index (κ1) is 28.4. The van der Waals surface area contributed by atoms with E-state index in [-0.39, 0.29) is 5.91 Å². The van der Waals surface area contributed by atoms with Crippen molar-refractivity contribution in [2.24, 2.45) is 23.2 Å². The minimum atomic E-state index is -3.57. The molecule has 4 fully saturated rings. The van der Waals surface area contributed by atoms with E-state index < -0.39 is 10.0 Å². The molecule has 2 aromatic carbocycles. The third kappa shape index (κ3) is 6.79. The number of amides is 1. The molecule has 0 radical (unpaired) electrons. The predicted molar refractivity (Wildman–Crippen MR) is 159 cm³/mol. The number of rotatable bonds is 14. The van der Waals surface area contributed by atoms with E-state index in [0.717, 1.165) is 85.7 Å². The molecular formula is C32H47N3O3S. The van der Waals surface area contributed by atoms with Crippen molar-refractivity contribution in [2.45, 2.75) is 88.4 Å². The van der Waals surface area contributed by atoms with E-state index >= 15 is 0 Å². The number of carbonyl (C=O) groups is 1. The normalized spacial score (nSPS) is 25.7. The first-order valence-corrected chi connectivity index (χ1v) is 16.7. The first-order valence-electron chi connectivity index (χ1n) is 15.2. The van der Waals surface area contributed by atoms with Crippen LogP contribution < -0.4 is 14.9 Å². The van der Waals surface area contributed by atoms with Crippen molar-refractivity contribution >= 4 is 32.4 Å². The zero-order chi connectivity index (χ0) is 27.5. The van der Waals surface area contributed by atoms with Crippen molar-refractivity contribution < 1.29 is 13.2 Å². The van der Waals surface area contributed by atoms with Crippen LogP contribution in [0.4, 0.5) is 5.69 Å². The maximum absolute atomic E-state index is 13.0. The molecule has 214 valence electrons. The van der Waals surface area contributed by atoms with E-state index in [1.54, 1.807) is 6.07 Å². The molecule has 4 aliphatic carbocycles. The summed E-state index contributed by atoms with van der Waals surface area (Å²) in [5.74, 6) is 2.96. The molecule has 4 bridgehead atoms. The molecule has 7 heteroatoms. The SMILES string of the molecule is CN(C)c1cccc2c(S(=O)(=O)NCCCCCCCCNC(=O)CC34CC5CC(CC(C5)C3)C4)cccc12. The third-order valence-electron chi connectivity index (χ3n) is 9.55. The highest BCUT2D eigenvalue weighted by atomic mass is 32.2. The van der Waals surface area contributed by atoms with Gasteiger partial charge in [-0.3, -0.25) is 4.79 Å². The average Bonchev–Trinajstić information content (AvgIpc) is 2.87. The number of unbranched alkanes of at least 4 members (excludes halogenated alkanes) is 5. The van der Waals surface area contributed by atoms with Gasteiger partial charge in [0, 0.05) is 50.1 Å². The first-order chi connectivity index (χ1) is 18.7. The monoisotopic (exact) mass is 553 g/mol. The minimum absolute atomic E-state index is 0.272. The lowest BCUT2D eigenvalue weighted by Gasteiger charge is -2.56. The van der Waals surface area contributed by atoms with E-state index in [0.29, 0.717) is 16.9 Å². The zero-order valence-electron chi connectivity index (χ0n) is 23.9. The Morgan fingerprint density at radius 3 is 2.03 bits per heavy atom. The van der Waals surface area contributed by atoms with E-state index in [2.05, 4.69) is 10.0 Å². The maximum atomic E-state index is 13.0. The van der Waals surface area contributed by atoms with Gasteiger partial charge in [-0.2, -0.15) is 0 Å². The van der Waals surface area contributed by atoms with Crippen molar-refractivity contribution in [3.8, 4) is 0 Å². The molecule has 4 aliphatic rings. The van der Waals surface area contributed by atoms with Crippen LogP contribution in [0, 0.1) is 23.2 Å². The zero-order valence-corrected chi connectivity index (χ0v) is 24.7. The molecule has 6 nitrogen and oxygen atoms in total. The van der Waals surface area contributed by atoms with Crippen molar-refractivity contribution in [1.29, 1.82) is 0 Å². The van der Waals surface area contributed by atoms with Crippen LogP contribution in [0.2, 0.25) is 0 Å². The second kappa shape index (κ2) is 12.2. The number of nitrogens with one attached hydrogen (secondary N) is 2. The quantitative estimate of drug-likeness (QED) is 0.271. The number of sulfonamides is 1. The number of hydrogen-bond donors (Lipinski definition) is 2. The lowest BCUT2D eigenvalue weighted by atomic mass is 9.49. The van der Waals surface area contributed by atoms with Gasteiger partial charge in [0.05, 0.1) is 4.90 Å². The van der Waals surface area contributed by atoms with E-state index in [1.807, 2.05) is 49.3 Å². The Morgan fingerprint density at radius 2 is 1.38 bits per heavy atom. The van der Waals surface area contributed by atoms with Crippen molar-refractivity contribution in [3.05, 3.63) is 36.4 Å². The van der Waals surface area contributed by atoms with Crippen molar-refractivity contribution in [3.63, 3.8) is 0 Å². The standard InChI is InChI=1S/C32H47N3O3S/c1-35(2)29-13-9-12-28-27(29)11-10-14-30(28)39(37,38)34-16-8-6-4-3-5-7-15-33-31(36)23-32-20-24-17-25(21-32)19-26(18-24)22-32/h9-14,24-26,34H,3-8,15-23H2,1-2H3,(H,33,36). The molecule has 0 unspecified atom stereocenters.